The number of benzene rings is 1. The van der Waals surface area contributed by atoms with Crippen molar-refractivity contribution in [3.63, 3.8) is 0 Å². The minimum Gasteiger partial charge on any atom is -0.493 e. The van der Waals surface area contributed by atoms with E-state index in [4.69, 9.17) is 9.47 Å². The number of para-hydroxylation sites is 1. The summed E-state index contributed by atoms with van der Waals surface area (Å²) in [6, 6.07) is 8.21. The highest BCUT2D eigenvalue weighted by Crippen LogP contribution is 2.33. The van der Waals surface area contributed by atoms with Gasteiger partial charge in [-0.3, -0.25) is 9.69 Å². The largest absolute Gasteiger partial charge is 0.493 e. The lowest BCUT2D eigenvalue weighted by atomic mass is 9.92. The zero-order chi connectivity index (χ0) is 15.1. The van der Waals surface area contributed by atoms with Gasteiger partial charge in [0.25, 0.3) is 0 Å². The molecule has 0 saturated carbocycles. The summed E-state index contributed by atoms with van der Waals surface area (Å²) in [6.07, 6.45) is 2.03. The first-order valence-electron chi connectivity index (χ1n) is 7.84. The quantitative estimate of drug-likeness (QED) is 0.724. The molecule has 1 aromatic rings. The summed E-state index contributed by atoms with van der Waals surface area (Å²) in [6.45, 7) is 7.35. The number of fused-ring (bicyclic) bond motifs is 1. The van der Waals surface area contributed by atoms with Crippen molar-refractivity contribution >= 4 is 5.97 Å². The van der Waals surface area contributed by atoms with Crippen molar-refractivity contribution < 1.29 is 14.3 Å². The Hall–Kier alpha value is -1.55. The number of carbonyl (C=O) groups excluding carboxylic acids is 1. The summed E-state index contributed by atoms with van der Waals surface area (Å²) >= 11 is 0. The lowest BCUT2D eigenvalue weighted by Crippen LogP contribution is -2.36. The number of nitrogens with zero attached hydrogens (tertiary/aromatic N) is 1. The molecule has 1 unspecified atom stereocenters. The van der Waals surface area contributed by atoms with Crippen LogP contribution in [0.25, 0.3) is 0 Å². The predicted octanol–water partition coefficient (Wildman–Crippen LogP) is 2.83. The fourth-order valence-corrected chi connectivity index (χ4v) is 2.86. The zero-order valence-electron chi connectivity index (χ0n) is 13.0. The minimum atomic E-state index is -0.133. The van der Waals surface area contributed by atoms with Gasteiger partial charge in [-0.2, -0.15) is 0 Å². The molecule has 1 heterocycles. The van der Waals surface area contributed by atoms with Crippen LogP contribution in [0, 0.1) is 0 Å². The Bertz CT molecular complexity index is 461. The molecule has 0 radical (unpaired) electrons. The summed E-state index contributed by atoms with van der Waals surface area (Å²) in [5, 5.41) is 0. The third-order valence-electron chi connectivity index (χ3n) is 3.76. The highest BCUT2D eigenvalue weighted by atomic mass is 16.5. The molecule has 0 fully saturated rings. The summed E-state index contributed by atoms with van der Waals surface area (Å²) in [5.41, 5.74) is 1.26. The van der Waals surface area contributed by atoms with E-state index >= 15 is 0 Å². The Morgan fingerprint density at radius 1 is 1.38 bits per heavy atom. The molecule has 4 heteroatoms. The van der Waals surface area contributed by atoms with Gasteiger partial charge in [-0.05, 0) is 37.9 Å². The molecule has 0 aromatic heterocycles. The monoisotopic (exact) mass is 291 g/mol. The Balaban J connectivity index is 2.02. The Labute approximate surface area is 127 Å². The van der Waals surface area contributed by atoms with Crippen molar-refractivity contribution in [3.8, 4) is 5.75 Å². The molecule has 116 valence electrons. The number of esters is 1. The van der Waals surface area contributed by atoms with Gasteiger partial charge in [-0.25, -0.2) is 0 Å². The molecule has 0 N–H and O–H groups in total. The van der Waals surface area contributed by atoms with E-state index in [-0.39, 0.29) is 5.97 Å². The van der Waals surface area contributed by atoms with Gasteiger partial charge in [0.15, 0.2) is 0 Å². The molecule has 0 amide bonds. The third kappa shape index (κ3) is 4.46. The van der Waals surface area contributed by atoms with Crippen LogP contribution in [0.3, 0.4) is 0 Å². The molecule has 4 nitrogen and oxygen atoms in total. The van der Waals surface area contributed by atoms with E-state index in [0.29, 0.717) is 19.1 Å². The summed E-state index contributed by atoms with van der Waals surface area (Å²) in [5.74, 6) is 1.28. The van der Waals surface area contributed by atoms with E-state index < -0.39 is 0 Å². The molecule has 1 atom stereocenters. The van der Waals surface area contributed by atoms with Crippen molar-refractivity contribution in [3.05, 3.63) is 29.8 Å². The number of carbonyl (C=O) groups is 1. The lowest BCUT2D eigenvalue weighted by Gasteiger charge is -2.30. The Morgan fingerprint density at radius 2 is 2.19 bits per heavy atom. The number of rotatable bonds is 7. The highest BCUT2D eigenvalue weighted by Gasteiger charge is 2.24. The summed E-state index contributed by atoms with van der Waals surface area (Å²) in [7, 11) is 0. The molecule has 1 aliphatic rings. The molecule has 1 aliphatic heterocycles. The van der Waals surface area contributed by atoms with Crippen molar-refractivity contribution in [2.75, 3.05) is 32.8 Å². The van der Waals surface area contributed by atoms with E-state index in [2.05, 4.69) is 24.0 Å². The fourth-order valence-electron chi connectivity index (χ4n) is 2.86. The standard InChI is InChI=1S/C17H25NO3/c1-3-10-18(13-17(19)20-4-2)12-14-9-11-21-16-8-6-5-7-15(14)16/h5-8,14H,3-4,9-13H2,1-2H3. The third-order valence-corrected chi connectivity index (χ3v) is 3.76. The van der Waals surface area contributed by atoms with E-state index in [9.17, 15) is 4.79 Å². The van der Waals surface area contributed by atoms with Gasteiger partial charge in [-0.1, -0.05) is 25.1 Å². The number of hydrogen-bond acceptors (Lipinski definition) is 4. The molecular weight excluding hydrogens is 266 g/mol. The van der Waals surface area contributed by atoms with Gasteiger partial charge in [0.05, 0.1) is 19.8 Å². The Morgan fingerprint density at radius 3 is 2.95 bits per heavy atom. The lowest BCUT2D eigenvalue weighted by molar-refractivity contribution is -0.144. The van der Waals surface area contributed by atoms with Gasteiger partial charge in [-0.15, -0.1) is 0 Å². The van der Waals surface area contributed by atoms with Crippen LogP contribution in [0.2, 0.25) is 0 Å². The first-order chi connectivity index (χ1) is 10.2. The van der Waals surface area contributed by atoms with E-state index in [1.54, 1.807) is 0 Å². The highest BCUT2D eigenvalue weighted by molar-refractivity contribution is 5.71. The van der Waals surface area contributed by atoms with Crippen molar-refractivity contribution in [1.82, 2.24) is 4.90 Å². The maximum absolute atomic E-state index is 11.7. The average molecular weight is 291 g/mol. The van der Waals surface area contributed by atoms with E-state index in [1.165, 1.54) is 5.56 Å². The molecule has 21 heavy (non-hydrogen) atoms. The molecule has 0 bridgehead atoms. The van der Waals surface area contributed by atoms with Crippen LogP contribution in [-0.4, -0.2) is 43.7 Å². The van der Waals surface area contributed by atoms with E-state index in [1.807, 2.05) is 19.1 Å². The first-order valence-corrected chi connectivity index (χ1v) is 7.84. The molecule has 0 saturated heterocycles. The van der Waals surface area contributed by atoms with Crippen LogP contribution in [0.1, 0.15) is 38.2 Å². The second-order valence-corrected chi connectivity index (χ2v) is 5.41. The van der Waals surface area contributed by atoms with Crippen LogP contribution < -0.4 is 4.74 Å². The number of hydrogen-bond donors (Lipinski definition) is 0. The smallest absolute Gasteiger partial charge is 0.320 e. The molecular formula is C17H25NO3. The molecule has 0 spiro atoms. The van der Waals surface area contributed by atoms with Gasteiger partial charge < -0.3 is 9.47 Å². The van der Waals surface area contributed by atoms with Crippen LogP contribution in [-0.2, 0) is 9.53 Å². The second-order valence-electron chi connectivity index (χ2n) is 5.41. The van der Waals surface area contributed by atoms with Crippen molar-refractivity contribution in [2.24, 2.45) is 0 Å². The maximum Gasteiger partial charge on any atom is 0.320 e. The van der Waals surface area contributed by atoms with Gasteiger partial charge >= 0.3 is 5.97 Å². The SMILES string of the molecule is CCCN(CC(=O)OCC)CC1CCOc2ccccc21. The average Bonchev–Trinajstić information content (AvgIpc) is 2.48. The maximum atomic E-state index is 11.7. The number of ether oxygens (including phenoxy) is 2. The minimum absolute atomic E-state index is 0.133. The van der Waals surface area contributed by atoms with Crippen molar-refractivity contribution in [1.29, 1.82) is 0 Å². The topological polar surface area (TPSA) is 38.8 Å². The summed E-state index contributed by atoms with van der Waals surface area (Å²) < 4.78 is 10.8. The zero-order valence-corrected chi connectivity index (χ0v) is 13.0. The van der Waals surface area contributed by atoms with Crippen molar-refractivity contribution in [2.45, 2.75) is 32.6 Å². The first kappa shape index (κ1) is 15.8. The molecule has 2 rings (SSSR count). The fraction of sp³-hybridized carbons (Fsp3) is 0.588. The summed E-state index contributed by atoms with van der Waals surface area (Å²) in [4.78, 5) is 13.9. The van der Waals surface area contributed by atoms with Gasteiger partial charge in [0.2, 0.25) is 0 Å². The van der Waals surface area contributed by atoms with Gasteiger partial charge in [0, 0.05) is 12.5 Å². The normalized spacial score (nSPS) is 17.2. The predicted molar refractivity (Wildman–Crippen MR) is 82.7 cm³/mol. The Kier molecular flexibility index (Phi) is 6.05. The van der Waals surface area contributed by atoms with E-state index in [0.717, 1.165) is 38.3 Å². The van der Waals surface area contributed by atoms with Crippen LogP contribution in [0.4, 0.5) is 0 Å². The van der Waals surface area contributed by atoms with Gasteiger partial charge in [0.1, 0.15) is 5.75 Å². The molecule has 0 aliphatic carbocycles. The second kappa shape index (κ2) is 8.03. The molecule has 1 aromatic carbocycles. The van der Waals surface area contributed by atoms with Crippen LogP contribution >= 0.6 is 0 Å². The van der Waals surface area contributed by atoms with Crippen LogP contribution in [0.5, 0.6) is 5.75 Å². The van der Waals surface area contributed by atoms with Crippen LogP contribution in [0.15, 0.2) is 24.3 Å².